The maximum atomic E-state index is 12.7. The normalized spacial score (nSPS) is 26.2. The summed E-state index contributed by atoms with van der Waals surface area (Å²) in [6.07, 6.45) is 12.5. The number of esters is 2. The molecule has 5 atom stereocenters. The summed E-state index contributed by atoms with van der Waals surface area (Å²) in [7, 11) is 1.36. The van der Waals surface area contributed by atoms with Gasteiger partial charge in [-0.2, -0.15) is 0 Å². The maximum Gasteiger partial charge on any atom is 0.343 e. The van der Waals surface area contributed by atoms with Gasteiger partial charge in [-0.25, -0.2) is 4.79 Å². The molecule has 2 fully saturated rings. The first-order valence-corrected chi connectivity index (χ1v) is 14.2. The van der Waals surface area contributed by atoms with Crippen LogP contribution >= 0.6 is 0 Å². The van der Waals surface area contributed by atoms with Gasteiger partial charge in [0.2, 0.25) is 0 Å². The van der Waals surface area contributed by atoms with Crippen molar-refractivity contribution in [3.8, 4) is 5.75 Å². The topological polar surface area (TPSA) is 82.1 Å². The molecule has 3 aliphatic rings. The standard InChI is InChI=1S/C30H44O6/c1-3-4-5-12-23(36-30(33)20-9-6-7-10-20)14-15-24-25-16-21-11-8-13-28(35-19-29(32)34-2)26(21)17-22(25)18-27(24)31/h8,11,13,20,22-25,27,31H,3-7,9-10,12,14-19H2,1-2H3/t22-,23+,24+,25-,27+/m0/s1. The van der Waals surface area contributed by atoms with E-state index >= 15 is 0 Å². The van der Waals surface area contributed by atoms with Crippen molar-refractivity contribution in [1.29, 1.82) is 0 Å². The van der Waals surface area contributed by atoms with E-state index in [9.17, 15) is 14.7 Å². The lowest BCUT2D eigenvalue weighted by molar-refractivity contribution is -0.155. The van der Waals surface area contributed by atoms with Crippen molar-refractivity contribution >= 4 is 11.9 Å². The van der Waals surface area contributed by atoms with E-state index in [1.165, 1.54) is 18.2 Å². The Balaban J connectivity index is 1.38. The molecular weight excluding hydrogens is 456 g/mol. The monoisotopic (exact) mass is 500 g/mol. The van der Waals surface area contributed by atoms with Crippen LogP contribution < -0.4 is 4.74 Å². The highest BCUT2D eigenvalue weighted by molar-refractivity contribution is 5.73. The Bertz CT molecular complexity index is 876. The van der Waals surface area contributed by atoms with E-state index in [1.807, 2.05) is 12.1 Å². The molecule has 1 N–H and O–H groups in total. The summed E-state index contributed by atoms with van der Waals surface area (Å²) in [5, 5.41) is 11.1. The molecule has 36 heavy (non-hydrogen) atoms. The molecule has 0 aromatic heterocycles. The second-order valence-electron chi connectivity index (χ2n) is 11.2. The SMILES string of the molecule is CCCCC[C@H](CC[C@@H]1[C@H]2Cc3cccc(OCC(=O)OC)c3C[C@H]2C[C@H]1O)OC(=O)C1CCCC1. The summed E-state index contributed by atoms with van der Waals surface area (Å²) in [6.45, 7) is 2.10. The van der Waals surface area contributed by atoms with E-state index in [1.54, 1.807) is 0 Å². The highest BCUT2D eigenvalue weighted by atomic mass is 16.6. The quantitative estimate of drug-likeness (QED) is 0.305. The second-order valence-corrected chi connectivity index (χ2v) is 11.2. The van der Waals surface area contributed by atoms with Crippen LogP contribution in [0.25, 0.3) is 0 Å². The molecule has 0 spiro atoms. The molecular formula is C30H44O6. The van der Waals surface area contributed by atoms with E-state index in [0.29, 0.717) is 11.8 Å². The van der Waals surface area contributed by atoms with Gasteiger partial charge in [0.15, 0.2) is 6.61 Å². The number of fused-ring (bicyclic) bond motifs is 2. The first kappa shape index (κ1) is 27.0. The lowest BCUT2D eigenvalue weighted by Crippen LogP contribution is -2.29. The molecule has 0 bridgehead atoms. The van der Waals surface area contributed by atoms with Gasteiger partial charge in [-0.15, -0.1) is 0 Å². The molecule has 6 heteroatoms. The molecule has 6 nitrogen and oxygen atoms in total. The molecule has 200 valence electrons. The van der Waals surface area contributed by atoms with Crippen LogP contribution in [0.15, 0.2) is 18.2 Å². The van der Waals surface area contributed by atoms with E-state index in [0.717, 1.165) is 89.2 Å². The number of hydrogen-bond donors (Lipinski definition) is 1. The zero-order valence-corrected chi connectivity index (χ0v) is 22.1. The van der Waals surface area contributed by atoms with Crippen molar-refractivity contribution in [2.45, 2.75) is 103 Å². The van der Waals surface area contributed by atoms with Crippen LogP contribution in [0.3, 0.4) is 0 Å². The van der Waals surface area contributed by atoms with E-state index < -0.39 is 0 Å². The van der Waals surface area contributed by atoms with Gasteiger partial charge in [0.25, 0.3) is 0 Å². The van der Waals surface area contributed by atoms with Crippen molar-refractivity contribution in [1.82, 2.24) is 0 Å². The third-order valence-corrected chi connectivity index (χ3v) is 8.84. The second kappa shape index (κ2) is 12.9. The highest BCUT2D eigenvalue weighted by Crippen LogP contribution is 2.48. The molecule has 2 saturated carbocycles. The Kier molecular flexibility index (Phi) is 9.69. The lowest BCUT2D eigenvalue weighted by atomic mass is 9.73. The number of unbranched alkanes of at least 4 members (excludes halogenated alkanes) is 2. The average molecular weight is 501 g/mol. The fourth-order valence-corrected chi connectivity index (χ4v) is 6.82. The average Bonchev–Trinajstić information content (AvgIpc) is 3.52. The molecule has 0 radical (unpaired) electrons. The van der Waals surface area contributed by atoms with Crippen LogP contribution in [0.2, 0.25) is 0 Å². The van der Waals surface area contributed by atoms with Crippen LogP contribution in [0.5, 0.6) is 5.75 Å². The number of hydrogen-bond acceptors (Lipinski definition) is 6. The minimum atomic E-state index is -0.389. The predicted octanol–water partition coefficient (Wildman–Crippen LogP) is 5.41. The molecule has 3 aliphatic carbocycles. The first-order valence-electron chi connectivity index (χ1n) is 14.2. The number of ether oxygens (including phenoxy) is 3. The molecule has 4 rings (SSSR count). The van der Waals surface area contributed by atoms with Crippen molar-refractivity contribution in [3.63, 3.8) is 0 Å². The van der Waals surface area contributed by atoms with Gasteiger partial charge in [0.1, 0.15) is 11.9 Å². The third-order valence-electron chi connectivity index (χ3n) is 8.84. The molecule has 0 aliphatic heterocycles. The summed E-state index contributed by atoms with van der Waals surface area (Å²) < 4.78 is 16.6. The fourth-order valence-electron chi connectivity index (χ4n) is 6.82. The van der Waals surface area contributed by atoms with Gasteiger partial charge in [0, 0.05) is 0 Å². The Labute approximate surface area is 216 Å². The first-order chi connectivity index (χ1) is 17.5. The van der Waals surface area contributed by atoms with Crippen LogP contribution in [0.4, 0.5) is 0 Å². The van der Waals surface area contributed by atoms with E-state index in [4.69, 9.17) is 14.2 Å². The molecule has 0 amide bonds. The van der Waals surface area contributed by atoms with Crippen LogP contribution in [0, 0.1) is 23.7 Å². The van der Waals surface area contributed by atoms with Gasteiger partial charge in [0.05, 0.1) is 19.1 Å². The largest absolute Gasteiger partial charge is 0.482 e. The zero-order chi connectivity index (χ0) is 25.5. The van der Waals surface area contributed by atoms with Crippen molar-refractivity contribution in [2.75, 3.05) is 13.7 Å². The predicted molar refractivity (Wildman–Crippen MR) is 138 cm³/mol. The number of rotatable bonds is 12. The molecule has 1 aromatic rings. The lowest BCUT2D eigenvalue weighted by Gasteiger charge is -2.33. The Morgan fingerprint density at radius 1 is 1.11 bits per heavy atom. The van der Waals surface area contributed by atoms with Crippen molar-refractivity contribution in [3.05, 3.63) is 29.3 Å². The summed E-state index contributed by atoms with van der Waals surface area (Å²) in [5.74, 6) is 1.51. The Morgan fingerprint density at radius 2 is 1.92 bits per heavy atom. The number of methoxy groups -OCH3 is 1. The summed E-state index contributed by atoms with van der Waals surface area (Å²) >= 11 is 0. The van der Waals surface area contributed by atoms with Crippen molar-refractivity contribution in [2.24, 2.45) is 23.7 Å². The number of aliphatic hydroxyl groups excluding tert-OH is 1. The summed E-state index contributed by atoms with van der Waals surface area (Å²) in [5.41, 5.74) is 2.42. The molecule has 0 heterocycles. The number of aliphatic hydroxyl groups is 1. The number of carbonyl (C=O) groups is 2. The van der Waals surface area contributed by atoms with Gasteiger partial charge < -0.3 is 19.3 Å². The molecule has 1 aromatic carbocycles. The van der Waals surface area contributed by atoms with E-state index in [-0.39, 0.29) is 42.6 Å². The van der Waals surface area contributed by atoms with Gasteiger partial charge in [-0.1, -0.05) is 44.7 Å². The highest BCUT2D eigenvalue weighted by Gasteiger charge is 2.45. The van der Waals surface area contributed by atoms with E-state index in [2.05, 4.69) is 13.0 Å². The zero-order valence-electron chi connectivity index (χ0n) is 22.1. The Hall–Kier alpha value is -2.08. The van der Waals surface area contributed by atoms with Gasteiger partial charge in [-0.05, 0) is 92.7 Å². The minimum Gasteiger partial charge on any atom is -0.482 e. The maximum absolute atomic E-state index is 12.7. The van der Waals surface area contributed by atoms with Crippen LogP contribution in [0.1, 0.15) is 88.7 Å². The molecule has 0 unspecified atom stereocenters. The minimum absolute atomic E-state index is 0.00456. The van der Waals surface area contributed by atoms with Gasteiger partial charge in [-0.3, -0.25) is 4.79 Å². The third kappa shape index (κ3) is 6.62. The van der Waals surface area contributed by atoms with Crippen LogP contribution in [-0.4, -0.2) is 43.0 Å². The van der Waals surface area contributed by atoms with Crippen molar-refractivity contribution < 1.29 is 28.9 Å². The number of benzene rings is 1. The fraction of sp³-hybridized carbons (Fsp3) is 0.733. The Morgan fingerprint density at radius 3 is 2.67 bits per heavy atom. The smallest absolute Gasteiger partial charge is 0.343 e. The number of carbonyl (C=O) groups excluding carboxylic acids is 2. The summed E-state index contributed by atoms with van der Waals surface area (Å²) in [4.78, 5) is 24.3. The van der Waals surface area contributed by atoms with Gasteiger partial charge >= 0.3 is 11.9 Å². The van der Waals surface area contributed by atoms with Crippen LogP contribution in [-0.2, 0) is 31.9 Å². The summed E-state index contributed by atoms with van der Waals surface area (Å²) in [6, 6.07) is 6.05. The molecule has 0 saturated heterocycles.